The highest BCUT2D eigenvalue weighted by Crippen LogP contribution is 2.20. The van der Waals surface area contributed by atoms with Gasteiger partial charge in [0, 0.05) is 28.9 Å². The molecule has 0 saturated carbocycles. The second kappa shape index (κ2) is 12.5. The lowest BCUT2D eigenvalue weighted by Crippen LogP contribution is -2.40. The number of tetrazole rings is 1. The number of carbonyl (C=O) groups excluding carboxylic acids is 1. The second-order valence-corrected chi connectivity index (χ2v) is 8.77. The van der Waals surface area contributed by atoms with Gasteiger partial charge in [-0.1, -0.05) is 54.1 Å². The molecule has 188 valence electrons. The van der Waals surface area contributed by atoms with Crippen molar-refractivity contribution in [1.82, 2.24) is 25.5 Å². The molecule has 0 aliphatic heterocycles. The van der Waals surface area contributed by atoms with E-state index in [-0.39, 0.29) is 18.4 Å². The molecule has 1 atom stereocenters. The van der Waals surface area contributed by atoms with E-state index in [9.17, 15) is 9.59 Å². The zero-order valence-electron chi connectivity index (χ0n) is 19.8. The van der Waals surface area contributed by atoms with Crippen molar-refractivity contribution >= 4 is 35.2 Å². The largest absolute Gasteiger partial charge is 0.481 e. The summed E-state index contributed by atoms with van der Waals surface area (Å²) in [6, 6.07) is 22.1. The number of hydrogen-bond donors (Lipinski definition) is 3. The van der Waals surface area contributed by atoms with Gasteiger partial charge in [0.1, 0.15) is 6.33 Å². The quantitative estimate of drug-likeness (QED) is 0.259. The number of carboxylic acids is 1. The molecule has 4 aromatic rings. The molecule has 1 aromatic heterocycles. The van der Waals surface area contributed by atoms with Gasteiger partial charge in [0.15, 0.2) is 0 Å². The number of anilines is 1. The normalized spacial score (nSPS) is 11.8. The van der Waals surface area contributed by atoms with Crippen molar-refractivity contribution in [2.75, 3.05) is 11.9 Å². The monoisotopic (exact) mass is 516 g/mol. The maximum atomic E-state index is 12.9. The zero-order valence-corrected chi connectivity index (χ0v) is 20.5. The molecule has 37 heavy (non-hydrogen) atoms. The molecule has 1 amide bonds. The number of amides is 1. The number of rotatable bonds is 11. The van der Waals surface area contributed by atoms with Gasteiger partial charge in [0.05, 0.1) is 18.2 Å². The van der Waals surface area contributed by atoms with Crippen LogP contribution in [0.25, 0.3) is 11.8 Å². The molecule has 0 radical (unpaired) electrons. The number of halogens is 1. The Morgan fingerprint density at radius 1 is 1.03 bits per heavy atom. The van der Waals surface area contributed by atoms with Crippen LogP contribution < -0.4 is 10.6 Å². The number of aliphatic carboxylic acids is 1. The van der Waals surface area contributed by atoms with Gasteiger partial charge < -0.3 is 15.7 Å². The molecule has 3 aromatic carbocycles. The fourth-order valence-electron chi connectivity index (χ4n) is 3.78. The van der Waals surface area contributed by atoms with Crippen LogP contribution in [0.5, 0.6) is 0 Å². The molecule has 0 saturated heterocycles. The molecule has 10 heteroatoms. The van der Waals surface area contributed by atoms with Crippen molar-refractivity contribution < 1.29 is 14.7 Å². The average Bonchev–Trinajstić information content (AvgIpc) is 3.42. The van der Waals surface area contributed by atoms with Crippen LogP contribution in [0.15, 0.2) is 85.2 Å². The average molecular weight is 517 g/mol. The number of nitrogens with zero attached hydrogens (tertiary/aromatic N) is 4. The number of aromatic nitrogens is 4. The molecule has 9 nitrogen and oxygen atoms in total. The van der Waals surface area contributed by atoms with Gasteiger partial charge in [-0.25, -0.2) is 0 Å². The van der Waals surface area contributed by atoms with E-state index >= 15 is 0 Å². The Labute approximate surface area is 218 Å². The molecule has 1 heterocycles. The van der Waals surface area contributed by atoms with E-state index in [1.54, 1.807) is 36.4 Å². The van der Waals surface area contributed by atoms with E-state index in [0.717, 1.165) is 16.8 Å². The summed E-state index contributed by atoms with van der Waals surface area (Å²) in [5, 5.41) is 27.1. The molecule has 0 aliphatic rings. The van der Waals surface area contributed by atoms with Gasteiger partial charge in [-0.15, -0.1) is 5.10 Å². The first kappa shape index (κ1) is 25.6. The fourth-order valence-corrected chi connectivity index (χ4v) is 3.96. The third kappa shape index (κ3) is 7.74. The van der Waals surface area contributed by atoms with E-state index in [1.165, 1.54) is 17.1 Å². The summed E-state index contributed by atoms with van der Waals surface area (Å²) in [6.07, 6.45) is 5.19. The predicted molar refractivity (Wildman–Crippen MR) is 142 cm³/mol. The molecular weight excluding hydrogens is 492 g/mol. The minimum Gasteiger partial charge on any atom is -0.481 e. The van der Waals surface area contributed by atoms with Crippen LogP contribution in [-0.2, 0) is 22.4 Å². The Balaban J connectivity index is 1.45. The van der Waals surface area contributed by atoms with E-state index in [1.807, 2.05) is 42.5 Å². The summed E-state index contributed by atoms with van der Waals surface area (Å²) in [5.74, 6) is -1.13. The van der Waals surface area contributed by atoms with Crippen LogP contribution in [0.2, 0.25) is 5.02 Å². The third-order valence-corrected chi connectivity index (χ3v) is 5.77. The van der Waals surface area contributed by atoms with Gasteiger partial charge in [-0.3, -0.25) is 9.59 Å². The van der Waals surface area contributed by atoms with Gasteiger partial charge in [0.2, 0.25) is 5.91 Å². The Morgan fingerprint density at radius 3 is 2.51 bits per heavy atom. The third-order valence-electron chi connectivity index (χ3n) is 5.53. The minimum atomic E-state index is -0.873. The molecule has 0 aliphatic carbocycles. The van der Waals surface area contributed by atoms with Crippen molar-refractivity contribution in [3.63, 3.8) is 0 Å². The Kier molecular flexibility index (Phi) is 8.62. The zero-order chi connectivity index (χ0) is 26.0. The maximum Gasteiger partial charge on any atom is 0.307 e. The Bertz CT molecular complexity index is 1360. The van der Waals surface area contributed by atoms with Crippen LogP contribution >= 0.6 is 11.6 Å². The number of carboxylic acid groups (broad SMARTS) is 1. The molecule has 3 N–H and O–H groups in total. The molecule has 4 rings (SSSR count). The van der Waals surface area contributed by atoms with E-state index in [2.05, 4.69) is 26.2 Å². The summed E-state index contributed by atoms with van der Waals surface area (Å²) in [4.78, 5) is 23.8. The van der Waals surface area contributed by atoms with Crippen molar-refractivity contribution in [1.29, 1.82) is 0 Å². The number of benzene rings is 3. The standard InChI is InChI=1S/C27H25ClN6O3/c28-22-9-12-25(34-18-30-32-33-34)21(16-22)8-13-26(35)31-24(14-19-4-2-1-3-5-19)17-29-23-10-6-20(7-11-23)15-27(36)37/h1-13,16,18,24,29H,14-15,17H2,(H,31,35)(H,36,37). The maximum absolute atomic E-state index is 12.9. The predicted octanol–water partition coefficient (Wildman–Crippen LogP) is 3.80. The van der Waals surface area contributed by atoms with Crippen molar-refractivity contribution in [3.8, 4) is 5.69 Å². The van der Waals surface area contributed by atoms with Gasteiger partial charge >= 0.3 is 5.97 Å². The summed E-state index contributed by atoms with van der Waals surface area (Å²) in [5.41, 5.74) is 4.02. The Morgan fingerprint density at radius 2 is 1.81 bits per heavy atom. The first-order valence-corrected chi connectivity index (χ1v) is 11.9. The molecule has 0 spiro atoms. The first-order chi connectivity index (χ1) is 18.0. The highest BCUT2D eigenvalue weighted by atomic mass is 35.5. The lowest BCUT2D eigenvalue weighted by molar-refractivity contribution is -0.136. The van der Waals surface area contributed by atoms with Crippen LogP contribution in [-0.4, -0.2) is 49.8 Å². The highest BCUT2D eigenvalue weighted by Gasteiger charge is 2.13. The molecule has 0 fully saturated rings. The van der Waals surface area contributed by atoms with Crippen LogP contribution in [0.3, 0.4) is 0 Å². The second-order valence-electron chi connectivity index (χ2n) is 8.33. The number of hydrogen-bond acceptors (Lipinski definition) is 6. The van der Waals surface area contributed by atoms with Crippen molar-refractivity contribution in [2.45, 2.75) is 18.9 Å². The van der Waals surface area contributed by atoms with Crippen LogP contribution in [0, 0.1) is 0 Å². The topological polar surface area (TPSA) is 122 Å². The van der Waals surface area contributed by atoms with Gasteiger partial charge in [0.25, 0.3) is 0 Å². The summed E-state index contributed by atoms with van der Waals surface area (Å²) in [7, 11) is 0. The van der Waals surface area contributed by atoms with Crippen molar-refractivity contribution in [3.05, 3.63) is 107 Å². The van der Waals surface area contributed by atoms with E-state index in [4.69, 9.17) is 16.7 Å². The lowest BCUT2D eigenvalue weighted by Gasteiger charge is -2.20. The smallest absolute Gasteiger partial charge is 0.307 e. The molecular formula is C27H25ClN6O3. The van der Waals surface area contributed by atoms with Gasteiger partial charge in [-0.2, -0.15) is 4.68 Å². The van der Waals surface area contributed by atoms with Gasteiger partial charge in [-0.05, 0) is 64.4 Å². The SMILES string of the molecule is O=C(O)Cc1ccc(NCC(Cc2ccccc2)NC(=O)C=Cc2cc(Cl)ccc2-n2cnnn2)cc1. The van der Waals surface area contributed by atoms with E-state index < -0.39 is 5.97 Å². The summed E-state index contributed by atoms with van der Waals surface area (Å²) < 4.78 is 1.50. The van der Waals surface area contributed by atoms with Crippen LogP contribution in [0.1, 0.15) is 16.7 Å². The molecule has 0 bridgehead atoms. The molecule has 1 unspecified atom stereocenters. The lowest BCUT2D eigenvalue weighted by atomic mass is 10.1. The van der Waals surface area contributed by atoms with Crippen LogP contribution in [0.4, 0.5) is 5.69 Å². The number of carbonyl (C=O) groups is 2. The minimum absolute atomic E-state index is 0.0267. The first-order valence-electron chi connectivity index (χ1n) is 11.6. The summed E-state index contributed by atoms with van der Waals surface area (Å²) >= 11 is 6.17. The van der Waals surface area contributed by atoms with Crippen molar-refractivity contribution in [2.24, 2.45) is 0 Å². The highest BCUT2D eigenvalue weighted by molar-refractivity contribution is 6.30. The van der Waals surface area contributed by atoms with E-state index in [0.29, 0.717) is 29.2 Å². The number of nitrogens with one attached hydrogen (secondary N) is 2. The fraction of sp³-hybridized carbons (Fsp3) is 0.148. The Hall–Kier alpha value is -4.50. The summed E-state index contributed by atoms with van der Waals surface area (Å²) in [6.45, 7) is 0.472.